The van der Waals surface area contributed by atoms with Gasteiger partial charge in [0, 0.05) is 6.04 Å². The molecule has 0 amide bonds. The lowest BCUT2D eigenvalue weighted by atomic mass is 10.2. The Balaban J connectivity index is 2.31. The van der Waals surface area contributed by atoms with Crippen LogP contribution in [0.1, 0.15) is 26.7 Å². The topological polar surface area (TPSA) is 21.3 Å². The first-order chi connectivity index (χ1) is 8.15. The van der Waals surface area contributed by atoms with E-state index in [9.17, 15) is 8.78 Å². The molecular weight excluding hydrogens is 224 g/mol. The number of ether oxygens (including phenoxy) is 1. The molecule has 0 spiro atoms. The van der Waals surface area contributed by atoms with Gasteiger partial charge >= 0.3 is 0 Å². The highest BCUT2D eigenvalue weighted by atomic mass is 19.1. The van der Waals surface area contributed by atoms with Crippen LogP contribution in [0.15, 0.2) is 18.2 Å². The molecule has 1 rings (SSSR count). The van der Waals surface area contributed by atoms with Crippen molar-refractivity contribution in [1.82, 2.24) is 5.32 Å². The number of halogens is 2. The van der Waals surface area contributed by atoms with Crippen molar-refractivity contribution in [2.24, 2.45) is 0 Å². The summed E-state index contributed by atoms with van der Waals surface area (Å²) in [5.41, 5.74) is 0. The average molecular weight is 243 g/mol. The lowest BCUT2D eigenvalue weighted by Gasteiger charge is -2.12. The monoisotopic (exact) mass is 243 g/mol. The van der Waals surface area contributed by atoms with Gasteiger partial charge in [-0.05, 0) is 38.4 Å². The molecule has 1 atom stereocenters. The second kappa shape index (κ2) is 7.22. The minimum absolute atomic E-state index is 0.274. The Bertz CT molecular complexity index is 324. The van der Waals surface area contributed by atoms with Gasteiger partial charge in [0.2, 0.25) is 0 Å². The molecule has 0 radical (unpaired) electrons. The Hall–Kier alpha value is -1.16. The Morgan fingerprint density at radius 2 is 1.94 bits per heavy atom. The van der Waals surface area contributed by atoms with Gasteiger partial charge in [0.15, 0.2) is 17.4 Å². The van der Waals surface area contributed by atoms with Crippen molar-refractivity contribution in [3.8, 4) is 5.75 Å². The van der Waals surface area contributed by atoms with Gasteiger partial charge in [0.05, 0.1) is 6.61 Å². The third-order valence-electron chi connectivity index (χ3n) is 2.50. The molecule has 1 N–H and O–H groups in total. The maximum atomic E-state index is 13.2. The number of rotatable bonds is 7. The summed E-state index contributed by atoms with van der Waals surface area (Å²) in [6.07, 6.45) is 1.69. The van der Waals surface area contributed by atoms with Crippen molar-refractivity contribution in [3.05, 3.63) is 29.8 Å². The Morgan fingerprint density at radius 3 is 2.53 bits per heavy atom. The molecule has 0 aliphatic carbocycles. The van der Waals surface area contributed by atoms with Crippen molar-refractivity contribution >= 4 is 0 Å². The summed E-state index contributed by atoms with van der Waals surface area (Å²) >= 11 is 0. The van der Waals surface area contributed by atoms with E-state index < -0.39 is 11.6 Å². The normalized spacial score (nSPS) is 12.5. The van der Waals surface area contributed by atoms with E-state index in [1.807, 2.05) is 6.92 Å². The van der Waals surface area contributed by atoms with Crippen molar-refractivity contribution in [2.45, 2.75) is 32.7 Å². The van der Waals surface area contributed by atoms with Crippen LogP contribution in [0.3, 0.4) is 0 Å². The molecule has 0 saturated heterocycles. The van der Waals surface area contributed by atoms with Crippen LogP contribution in [-0.2, 0) is 0 Å². The van der Waals surface area contributed by atoms with E-state index >= 15 is 0 Å². The van der Waals surface area contributed by atoms with Gasteiger partial charge in [-0.2, -0.15) is 0 Å². The first-order valence-electron chi connectivity index (χ1n) is 5.95. The zero-order valence-electron chi connectivity index (χ0n) is 10.3. The van der Waals surface area contributed by atoms with Crippen LogP contribution in [-0.4, -0.2) is 19.2 Å². The summed E-state index contributed by atoms with van der Waals surface area (Å²) < 4.78 is 31.5. The first-order valence-corrected chi connectivity index (χ1v) is 5.95. The largest absolute Gasteiger partial charge is 0.488 e. The molecule has 1 aromatic rings. The van der Waals surface area contributed by atoms with Gasteiger partial charge in [-0.3, -0.25) is 0 Å². The first kappa shape index (κ1) is 13.9. The second-order valence-corrected chi connectivity index (χ2v) is 4.00. The van der Waals surface area contributed by atoms with E-state index in [1.165, 1.54) is 18.2 Å². The summed E-state index contributed by atoms with van der Waals surface area (Å²) in [7, 11) is 0. The SMILES string of the molecule is CCNC(C)CCCOc1c(F)cccc1F. The predicted molar refractivity (Wildman–Crippen MR) is 64.2 cm³/mol. The molecule has 0 aliphatic rings. The molecule has 1 aromatic carbocycles. The second-order valence-electron chi connectivity index (χ2n) is 4.00. The van der Waals surface area contributed by atoms with Crippen molar-refractivity contribution < 1.29 is 13.5 Å². The van der Waals surface area contributed by atoms with Gasteiger partial charge in [-0.1, -0.05) is 13.0 Å². The molecule has 1 unspecified atom stereocenters. The third-order valence-corrected chi connectivity index (χ3v) is 2.50. The Labute approximate surface area is 101 Å². The fourth-order valence-electron chi connectivity index (χ4n) is 1.63. The number of benzene rings is 1. The fraction of sp³-hybridized carbons (Fsp3) is 0.538. The summed E-state index contributed by atoms with van der Waals surface area (Å²) in [5.74, 6) is -1.57. The van der Waals surface area contributed by atoms with Crippen LogP contribution in [0.25, 0.3) is 0 Å². The number of hydrogen-bond donors (Lipinski definition) is 1. The zero-order chi connectivity index (χ0) is 12.7. The Morgan fingerprint density at radius 1 is 1.29 bits per heavy atom. The molecule has 0 aromatic heterocycles. The molecule has 0 heterocycles. The predicted octanol–water partition coefficient (Wildman–Crippen LogP) is 3.12. The van der Waals surface area contributed by atoms with Crippen LogP contribution in [0.2, 0.25) is 0 Å². The van der Waals surface area contributed by atoms with Gasteiger partial charge in [0.25, 0.3) is 0 Å². The molecule has 0 saturated carbocycles. The molecule has 4 heteroatoms. The average Bonchev–Trinajstić information content (AvgIpc) is 2.28. The molecule has 17 heavy (non-hydrogen) atoms. The summed E-state index contributed by atoms with van der Waals surface area (Å²) in [4.78, 5) is 0. The van der Waals surface area contributed by atoms with Gasteiger partial charge in [0.1, 0.15) is 0 Å². The van der Waals surface area contributed by atoms with Crippen molar-refractivity contribution in [3.63, 3.8) is 0 Å². The van der Waals surface area contributed by atoms with Crippen LogP contribution < -0.4 is 10.1 Å². The van der Waals surface area contributed by atoms with Gasteiger partial charge < -0.3 is 10.1 Å². The van der Waals surface area contributed by atoms with Crippen LogP contribution >= 0.6 is 0 Å². The minimum Gasteiger partial charge on any atom is -0.488 e. The maximum absolute atomic E-state index is 13.2. The van der Waals surface area contributed by atoms with Gasteiger partial charge in [-0.25, -0.2) is 8.78 Å². The summed E-state index contributed by atoms with van der Waals surface area (Å²) in [6, 6.07) is 4.11. The van der Waals surface area contributed by atoms with E-state index in [1.54, 1.807) is 0 Å². The number of hydrogen-bond acceptors (Lipinski definition) is 2. The molecule has 96 valence electrons. The molecular formula is C13H19F2NO. The van der Waals surface area contributed by atoms with E-state index in [0.717, 1.165) is 19.4 Å². The van der Waals surface area contributed by atoms with Gasteiger partial charge in [-0.15, -0.1) is 0 Å². The van der Waals surface area contributed by atoms with Crippen LogP contribution in [0.5, 0.6) is 5.75 Å². The van der Waals surface area contributed by atoms with E-state index in [0.29, 0.717) is 12.6 Å². The third kappa shape index (κ3) is 4.69. The fourth-order valence-corrected chi connectivity index (χ4v) is 1.63. The highest BCUT2D eigenvalue weighted by Gasteiger charge is 2.09. The van der Waals surface area contributed by atoms with E-state index in [-0.39, 0.29) is 5.75 Å². The maximum Gasteiger partial charge on any atom is 0.190 e. The lowest BCUT2D eigenvalue weighted by Crippen LogP contribution is -2.25. The van der Waals surface area contributed by atoms with E-state index in [4.69, 9.17) is 4.74 Å². The minimum atomic E-state index is -0.648. The summed E-state index contributed by atoms with van der Waals surface area (Å²) in [6.45, 7) is 5.37. The molecule has 0 fully saturated rings. The van der Waals surface area contributed by atoms with E-state index in [2.05, 4.69) is 12.2 Å². The Kier molecular flexibility index (Phi) is 5.91. The zero-order valence-corrected chi connectivity index (χ0v) is 10.3. The smallest absolute Gasteiger partial charge is 0.190 e. The number of para-hydroxylation sites is 1. The highest BCUT2D eigenvalue weighted by molar-refractivity contribution is 5.25. The molecule has 0 aliphatic heterocycles. The quantitative estimate of drug-likeness (QED) is 0.743. The molecule has 2 nitrogen and oxygen atoms in total. The van der Waals surface area contributed by atoms with Crippen LogP contribution in [0, 0.1) is 11.6 Å². The van der Waals surface area contributed by atoms with Crippen molar-refractivity contribution in [1.29, 1.82) is 0 Å². The standard InChI is InChI=1S/C13H19F2NO/c1-3-16-10(2)6-5-9-17-13-11(14)7-4-8-12(13)15/h4,7-8,10,16H,3,5-6,9H2,1-2H3. The lowest BCUT2D eigenvalue weighted by molar-refractivity contribution is 0.271. The van der Waals surface area contributed by atoms with Crippen molar-refractivity contribution in [2.75, 3.05) is 13.2 Å². The summed E-state index contributed by atoms with van der Waals surface area (Å²) in [5, 5.41) is 3.26. The number of nitrogens with one attached hydrogen (secondary N) is 1. The molecule has 0 bridgehead atoms. The highest BCUT2D eigenvalue weighted by Crippen LogP contribution is 2.20. The van der Waals surface area contributed by atoms with Crippen LogP contribution in [0.4, 0.5) is 8.78 Å².